The Morgan fingerprint density at radius 1 is 1.48 bits per heavy atom. The Hall–Kier alpha value is -1.85. The van der Waals surface area contributed by atoms with Crippen LogP contribution in [0.25, 0.3) is 0 Å². The molecule has 5 nitrogen and oxygen atoms in total. The molecule has 0 aliphatic carbocycles. The molecule has 2 heterocycles. The molecule has 3 rings (SSSR count). The molecule has 5 heteroatoms. The van der Waals surface area contributed by atoms with Gasteiger partial charge in [-0.1, -0.05) is 12.1 Å². The van der Waals surface area contributed by atoms with Crippen molar-refractivity contribution in [3.63, 3.8) is 0 Å². The van der Waals surface area contributed by atoms with E-state index in [1.807, 2.05) is 37.4 Å². The summed E-state index contributed by atoms with van der Waals surface area (Å²) in [6.45, 7) is 4.75. The van der Waals surface area contributed by atoms with Gasteiger partial charge in [0.25, 0.3) is 0 Å². The molecule has 112 valence electrons. The number of aliphatic hydroxyl groups is 1. The lowest BCUT2D eigenvalue weighted by Crippen LogP contribution is -2.38. The Bertz CT molecular complexity index is 597. The summed E-state index contributed by atoms with van der Waals surface area (Å²) in [5, 5.41) is 17.2. The molecule has 0 amide bonds. The van der Waals surface area contributed by atoms with E-state index in [9.17, 15) is 5.11 Å². The Labute approximate surface area is 124 Å². The van der Waals surface area contributed by atoms with Crippen molar-refractivity contribution in [3.8, 4) is 5.75 Å². The third kappa shape index (κ3) is 3.62. The second-order valence-electron chi connectivity index (χ2n) is 5.64. The van der Waals surface area contributed by atoms with Crippen LogP contribution in [0.1, 0.15) is 16.8 Å². The summed E-state index contributed by atoms with van der Waals surface area (Å²) in [7, 11) is 0. The fraction of sp³-hybridized carbons (Fsp3) is 0.438. The number of hydrogen-bond donors (Lipinski definition) is 2. The summed E-state index contributed by atoms with van der Waals surface area (Å²) in [5.41, 5.74) is 3.61. The summed E-state index contributed by atoms with van der Waals surface area (Å²) in [5.74, 6) is 0.810. The van der Waals surface area contributed by atoms with Crippen LogP contribution in [0.15, 0.2) is 30.5 Å². The lowest BCUT2D eigenvalue weighted by Gasteiger charge is -2.28. The van der Waals surface area contributed by atoms with Gasteiger partial charge in [0, 0.05) is 37.3 Å². The Morgan fingerprint density at radius 2 is 2.38 bits per heavy atom. The van der Waals surface area contributed by atoms with E-state index >= 15 is 0 Å². The van der Waals surface area contributed by atoms with Crippen LogP contribution in [0.3, 0.4) is 0 Å². The fourth-order valence-electron chi connectivity index (χ4n) is 2.68. The van der Waals surface area contributed by atoms with E-state index in [-0.39, 0.29) is 0 Å². The normalized spacial score (nSPS) is 16.5. The van der Waals surface area contributed by atoms with Crippen LogP contribution < -0.4 is 4.74 Å². The number of aromatic amines is 1. The van der Waals surface area contributed by atoms with Gasteiger partial charge < -0.3 is 9.84 Å². The summed E-state index contributed by atoms with van der Waals surface area (Å²) in [4.78, 5) is 2.24. The highest BCUT2D eigenvalue weighted by Gasteiger charge is 2.20. The van der Waals surface area contributed by atoms with E-state index in [4.69, 9.17) is 4.74 Å². The minimum Gasteiger partial charge on any atom is -0.491 e. The standard InChI is InChI=1S/C16H21N3O2/c1-12-3-2-4-15(7-12)21-11-14(20)10-19-6-5-16-13(9-19)8-17-18-16/h2-4,7-8,14,20H,5-6,9-11H2,1H3,(H,17,18). The van der Waals surface area contributed by atoms with Crippen molar-refractivity contribution in [2.24, 2.45) is 0 Å². The SMILES string of the molecule is Cc1cccc(OCC(O)CN2CCc3[nH]ncc3C2)c1. The average molecular weight is 287 g/mol. The topological polar surface area (TPSA) is 61.4 Å². The van der Waals surface area contributed by atoms with Crippen LogP contribution in [0.4, 0.5) is 0 Å². The van der Waals surface area contributed by atoms with Crippen molar-refractivity contribution in [2.75, 3.05) is 19.7 Å². The van der Waals surface area contributed by atoms with E-state index in [1.165, 1.54) is 11.3 Å². The molecular weight excluding hydrogens is 266 g/mol. The maximum atomic E-state index is 10.1. The number of H-pyrrole nitrogens is 1. The predicted molar refractivity (Wildman–Crippen MR) is 80.2 cm³/mol. The number of benzene rings is 1. The van der Waals surface area contributed by atoms with Crippen molar-refractivity contribution < 1.29 is 9.84 Å². The summed E-state index contributed by atoms with van der Waals surface area (Å²) in [6.07, 6.45) is 2.34. The van der Waals surface area contributed by atoms with E-state index in [0.29, 0.717) is 13.2 Å². The highest BCUT2D eigenvalue weighted by Crippen LogP contribution is 2.17. The highest BCUT2D eigenvalue weighted by molar-refractivity contribution is 5.27. The zero-order valence-electron chi connectivity index (χ0n) is 12.2. The zero-order valence-corrected chi connectivity index (χ0v) is 12.2. The van der Waals surface area contributed by atoms with E-state index in [2.05, 4.69) is 15.1 Å². The van der Waals surface area contributed by atoms with Gasteiger partial charge in [0.2, 0.25) is 0 Å². The van der Waals surface area contributed by atoms with Gasteiger partial charge in [-0.2, -0.15) is 5.10 Å². The quantitative estimate of drug-likeness (QED) is 0.875. The van der Waals surface area contributed by atoms with Crippen LogP contribution >= 0.6 is 0 Å². The molecule has 1 unspecified atom stereocenters. The number of ether oxygens (including phenoxy) is 1. The second-order valence-corrected chi connectivity index (χ2v) is 5.64. The van der Waals surface area contributed by atoms with Gasteiger partial charge in [0.15, 0.2) is 0 Å². The maximum Gasteiger partial charge on any atom is 0.119 e. The molecule has 2 N–H and O–H groups in total. The number of rotatable bonds is 5. The van der Waals surface area contributed by atoms with Crippen LogP contribution in [-0.2, 0) is 13.0 Å². The van der Waals surface area contributed by atoms with Crippen LogP contribution in [0, 0.1) is 6.92 Å². The molecule has 0 saturated carbocycles. The minimum absolute atomic E-state index is 0.318. The van der Waals surface area contributed by atoms with E-state index in [0.717, 1.165) is 30.8 Å². The number of aliphatic hydroxyl groups excluding tert-OH is 1. The molecule has 0 saturated heterocycles. The molecule has 1 aliphatic heterocycles. The van der Waals surface area contributed by atoms with Crippen LogP contribution in [-0.4, -0.2) is 46.0 Å². The summed E-state index contributed by atoms with van der Waals surface area (Å²) >= 11 is 0. The third-order valence-corrected chi connectivity index (χ3v) is 3.78. The number of aromatic nitrogens is 2. The Morgan fingerprint density at radius 3 is 3.24 bits per heavy atom. The van der Waals surface area contributed by atoms with E-state index < -0.39 is 6.10 Å². The molecule has 2 aromatic rings. The molecule has 0 fully saturated rings. The van der Waals surface area contributed by atoms with Gasteiger partial charge in [0.1, 0.15) is 18.5 Å². The Kier molecular flexibility index (Phi) is 4.22. The van der Waals surface area contributed by atoms with Gasteiger partial charge in [-0.15, -0.1) is 0 Å². The van der Waals surface area contributed by atoms with Gasteiger partial charge in [-0.3, -0.25) is 10.00 Å². The Balaban J connectivity index is 1.47. The first-order valence-electron chi connectivity index (χ1n) is 7.32. The van der Waals surface area contributed by atoms with Gasteiger partial charge in [-0.25, -0.2) is 0 Å². The van der Waals surface area contributed by atoms with E-state index in [1.54, 1.807) is 0 Å². The molecule has 0 bridgehead atoms. The third-order valence-electron chi connectivity index (χ3n) is 3.78. The van der Waals surface area contributed by atoms with Crippen molar-refractivity contribution >= 4 is 0 Å². The lowest BCUT2D eigenvalue weighted by atomic mass is 10.1. The molecule has 1 aromatic heterocycles. The molecule has 1 aromatic carbocycles. The first kappa shape index (κ1) is 14.1. The number of hydrogen-bond acceptors (Lipinski definition) is 4. The smallest absolute Gasteiger partial charge is 0.119 e. The van der Waals surface area contributed by atoms with Crippen molar-refractivity contribution in [1.82, 2.24) is 15.1 Å². The van der Waals surface area contributed by atoms with Crippen molar-refractivity contribution in [1.29, 1.82) is 0 Å². The molecular formula is C16H21N3O2. The maximum absolute atomic E-state index is 10.1. The summed E-state index contributed by atoms with van der Waals surface area (Å²) < 4.78 is 5.65. The minimum atomic E-state index is -0.487. The first-order chi connectivity index (χ1) is 10.2. The monoisotopic (exact) mass is 287 g/mol. The van der Waals surface area contributed by atoms with Gasteiger partial charge in [0.05, 0.1) is 6.20 Å². The molecule has 1 aliphatic rings. The molecule has 0 spiro atoms. The average Bonchev–Trinajstić information content (AvgIpc) is 2.93. The number of fused-ring (bicyclic) bond motifs is 1. The van der Waals surface area contributed by atoms with Crippen LogP contribution in [0.2, 0.25) is 0 Å². The molecule has 21 heavy (non-hydrogen) atoms. The summed E-state index contributed by atoms with van der Waals surface area (Å²) in [6, 6.07) is 7.88. The number of β-amino-alcohol motifs (C(OH)–C–C–N with tert-alkyl or cyclic N) is 1. The molecule has 0 radical (unpaired) electrons. The zero-order chi connectivity index (χ0) is 14.7. The number of nitrogens with one attached hydrogen (secondary N) is 1. The van der Waals surface area contributed by atoms with Crippen LogP contribution in [0.5, 0.6) is 5.75 Å². The van der Waals surface area contributed by atoms with Crippen molar-refractivity contribution in [2.45, 2.75) is 26.0 Å². The first-order valence-corrected chi connectivity index (χ1v) is 7.32. The van der Waals surface area contributed by atoms with Gasteiger partial charge in [-0.05, 0) is 24.6 Å². The number of aryl methyl sites for hydroxylation is 1. The fourth-order valence-corrected chi connectivity index (χ4v) is 2.68. The highest BCUT2D eigenvalue weighted by atomic mass is 16.5. The van der Waals surface area contributed by atoms with Crippen molar-refractivity contribution in [3.05, 3.63) is 47.3 Å². The number of nitrogens with zero attached hydrogens (tertiary/aromatic N) is 2. The predicted octanol–water partition coefficient (Wildman–Crippen LogP) is 1.52. The lowest BCUT2D eigenvalue weighted by molar-refractivity contribution is 0.0636. The van der Waals surface area contributed by atoms with Gasteiger partial charge >= 0.3 is 0 Å². The molecule has 1 atom stereocenters. The largest absolute Gasteiger partial charge is 0.491 e. The second kappa shape index (κ2) is 6.28.